The lowest BCUT2D eigenvalue weighted by Gasteiger charge is -2.09. The van der Waals surface area contributed by atoms with E-state index in [1.165, 1.54) is 24.3 Å². The third-order valence-corrected chi connectivity index (χ3v) is 5.09. The molecule has 0 N–H and O–H groups in total. The van der Waals surface area contributed by atoms with Crippen LogP contribution in [0.15, 0.2) is 48.5 Å². The molecule has 0 amide bonds. The van der Waals surface area contributed by atoms with E-state index in [1.54, 1.807) is 12.1 Å². The van der Waals surface area contributed by atoms with Crippen LogP contribution in [0.25, 0.3) is 0 Å². The normalized spacial score (nSPS) is 13.9. The molecule has 2 aromatic rings. The number of alkyl halides is 8. The van der Waals surface area contributed by atoms with Crippen LogP contribution >= 0.6 is 31.9 Å². The van der Waals surface area contributed by atoms with E-state index in [0.717, 1.165) is 36.1 Å². The summed E-state index contributed by atoms with van der Waals surface area (Å²) >= 11 is 6.74. The van der Waals surface area contributed by atoms with Gasteiger partial charge in [-0.15, -0.1) is 0 Å². The largest absolute Gasteiger partial charge is 0.416 e. The zero-order valence-corrected chi connectivity index (χ0v) is 19.8. The summed E-state index contributed by atoms with van der Waals surface area (Å²) in [6.07, 6.45) is -5.48. The first-order chi connectivity index (χ1) is 13.8. The minimum Gasteiger partial charge on any atom is -0.166 e. The molecule has 168 valence electrons. The van der Waals surface area contributed by atoms with Gasteiger partial charge in [-0.3, -0.25) is 0 Å². The molecule has 0 fully saturated rings. The quantitative estimate of drug-likeness (QED) is 0.244. The predicted octanol–water partition coefficient (Wildman–Crippen LogP) is 8.84. The van der Waals surface area contributed by atoms with Crippen molar-refractivity contribution < 1.29 is 26.3 Å². The van der Waals surface area contributed by atoms with E-state index >= 15 is 0 Å². The predicted molar refractivity (Wildman–Crippen MR) is 116 cm³/mol. The SMILES string of the molecule is CC(Br)CCc1cccc(C(F)(F)F)c1.CC(Br)CCc1cccc(C(F)(F)F)c1. The van der Waals surface area contributed by atoms with Gasteiger partial charge in [0.2, 0.25) is 0 Å². The summed E-state index contributed by atoms with van der Waals surface area (Å²) in [5.41, 5.74) is 0.330. The zero-order valence-electron chi connectivity index (χ0n) is 16.6. The first-order valence-corrected chi connectivity index (χ1v) is 11.2. The Balaban J connectivity index is 0.000000300. The van der Waals surface area contributed by atoms with Crippen molar-refractivity contribution >= 4 is 31.9 Å². The van der Waals surface area contributed by atoms with Gasteiger partial charge in [0.15, 0.2) is 0 Å². The lowest BCUT2D eigenvalue weighted by Crippen LogP contribution is -2.05. The van der Waals surface area contributed by atoms with Gasteiger partial charge in [0, 0.05) is 9.65 Å². The maximum atomic E-state index is 12.4. The highest BCUT2D eigenvalue weighted by atomic mass is 79.9. The number of halogens is 8. The van der Waals surface area contributed by atoms with Crippen molar-refractivity contribution in [3.05, 3.63) is 70.8 Å². The first-order valence-electron chi connectivity index (χ1n) is 9.39. The molecule has 30 heavy (non-hydrogen) atoms. The Morgan fingerprint density at radius 3 is 1.27 bits per heavy atom. The molecule has 0 nitrogen and oxygen atoms in total. The third kappa shape index (κ3) is 10.8. The van der Waals surface area contributed by atoms with E-state index in [1.807, 2.05) is 13.8 Å². The molecular weight excluding hydrogens is 538 g/mol. The van der Waals surface area contributed by atoms with Gasteiger partial charge in [-0.05, 0) is 48.9 Å². The molecule has 2 rings (SSSR count). The highest BCUT2D eigenvalue weighted by molar-refractivity contribution is 9.09. The highest BCUT2D eigenvalue weighted by Gasteiger charge is 2.31. The van der Waals surface area contributed by atoms with Gasteiger partial charge in [-0.2, -0.15) is 26.3 Å². The Bertz CT molecular complexity index is 701. The average molecular weight is 562 g/mol. The fourth-order valence-corrected chi connectivity index (χ4v) is 3.00. The van der Waals surface area contributed by atoms with Crippen LogP contribution in [0.4, 0.5) is 26.3 Å². The minimum absolute atomic E-state index is 0.326. The van der Waals surface area contributed by atoms with Gasteiger partial charge in [0.1, 0.15) is 0 Å². The van der Waals surface area contributed by atoms with Crippen LogP contribution < -0.4 is 0 Å². The van der Waals surface area contributed by atoms with Crippen LogP contribution in [-0.4, -0.2) is 9.65 Å². The van der Waals surface area contributed by atoms with Crippen LogP contribution in [0.2, 0.25) is 0 Å². The smallest absolute Gasteiger partial charge is 0.166 e. The molecular formula is C22H24Br2F6. The third-order valence-electron chi connectivity index (χ3n) is 4.17. The summed E-state index contributed by atoms with van der Waals surface area (Å²) < 4.78 is 74.1. The topological polar surface area (TPSA) is 0 Å². The van der Waals surface area contributed by atoms with Crippen molar-refractivity contribution in [2.75, 3.05) is 0 Å². The molecule has 0 radical (unpaired) electrons. The molecule has 0 bridgehead atoms. The lowest BCUT2D eigenvalue weighted by atomic mass is 10.1. The van der Waals surface area contributed by atoms with Crippen LogP contribution in [0, 0.1) is 0 Å². The van der Waals surface area contributed by atoms with Gasteiger partial charge in [0.05, 0.1) is 11.1 Å². The number of aryl methyl sites for hydroxylation is 2. The molecule has 0 heterocycles. The van der Waals surface area contributed by atoms with E-state index in [-0.39, 0.29) is 0 Å². The van der Waals surface area contributed by atoms with E-state index in [4.69, 9.17) is 0 Å². The van der Waals surface area contributed by atoms with Crippen molar-refractivity contribution in [2.45, 2.75) is 61.5 Å². The van der Waals surface area contributed by atoms with Crippen LogP contribution in [0.5, 0.6) is 0 Å². The maximum Gasteiger partial charge on any atom is 0.416 e. The summed E-state index contributed by atoms with van der Waals surface area (Å²) in [6, 6.07) is 11.0. The molecule has 0 aliphatic heterocycles. The van der Waals surface area contributed by atoms with E-state index in [2.05, 4.69) is 31.9 Å². The lowest BCUT2D eigenvalue weighted by molar-refractivity contribution is -0.138. The second-order valence-corrected chi connectivity index (χ2v) is 10.2. The molecule has 2 atom stereocenters. The fraction of sp³-hybridized carbons (Fsp3) is 0.455. The summed E-state index contributed by atoms with van der Waals surface area (Å²) in [4.78, 5) is 0.652. The summed E-state index contributed by atoms with van der Waals surface area (Å²) in [5.74, 6) is 0. The second kappa shape index (κ2) is 12.1. The fourth-order valence-electron chi connectivity index (χ4n) is 2.54. The van der Waals surface area contributed by atoms with Crippen LogP contribution in [0.1, 0.15) is 48.9 Å². The van der Waals surface area contributed by atoms with Crippen LogP contribution in [-0.2, 0) is 25.2 Å². The van der Waals surface area contributed by atoms with Gasteiger partial charge in [-0.25, -0.2) is 0 Å². The Morgan fingerprint density at radius 2 is 1.00 bits per heavy atom. The first kappa shape index (κ1) is 27.0. The Kier molecular flexibility index (Phi) is 10.9. The molecule has 0 aliphatic rings. The molecule has 0 saturated carbocycles. The highest BCUT2D eigenvalue weighted by Crippen LogP contribution is 2.30. The zero-order chi connectivity index (χ0) is 22.9. The number of rotatable bonds is 6. The summed E-state index contributed by atoms with van der Waals surface area (Å²) in [5, 5.41) is 0. The number of hydrogen-bond donors (Lipinski definition) is 0. The van der Waals surface area contributed by atoms with Crippen molar-refractivity contribution in [1.29, 1.82) is 0 Å². The van der Waals surface area contributed by atoms with Crippen molar-refractivity contribution in [3.63, 3.8) is 0 Å². The van der Waals surface area contributed by atoms with E-state index in [0.29, 0.717) is 22.5 Å². The van der Waals surface area contributed by atoms with Crippen LogP contribution in [0.3, 0.4) is 0 Å². The average Bonchev–Trinajstić information content (AvgIpc) is 2.64. The van der Waals surface area contributed by atoms with Crippen molar-refractivity contribution in [2.24, 2.45) is 0 Å². The molecule has 8 heteroatoms. The van der Waals surface area contributed by atoms with Gasteiger partial charge < -0.3 is 0 Å². The van der Waals surface area contributed by atoms with Gasteiger partial charge >= 0.3 is 12.4 Å². The van der Waals surface area contributed by atoms with Crippen molar-refractivity contribution in [3.8, 4) is 0 Å². The molecule has 0 spiro atoms. The molecule has 0 saturated heterocycles. The molecule has 0 aromatic heterocycles. The van der Waals surface area contributed by atoms with Crippen molar-refractivity contribution in [1.82, 2.24) is 0 Å². The standard InChI is InChI=1S/2C11H12BrF3/c2*1-8(12)5-6-9-3-2-4-10(7-9)11(13,14)15/h2*2-4,7-8H,5-6H2,1H3. The molecule has 0 aliphatic carbocycles. The number of benzene rings is 2. The molecule has 2 aromatic carbocycles. The van der Waals surface area contributed by atoms with Gasteiger partial charge in [-0.1, -0.05) is 82.1 Å². The Hall–Kier alpha value is -1.02. The van der Waals surface area contributed by atoms with E-state index in [9.17, 15) is 26.3 Å². The maximum absolute atomic E-state index is 12.4. The van der Waals surface area contributed by atoms with Gasteiger partial charge in [0.25, 0.3) is 0 Å². The second-order valence-electron chi connectivity index (χ2n) is 7.04. The Morgan fingerprint density at radius 1 is 0.667 bits per heavy atom. The molecule has 2 unspecified atom stereocenters. The summed E-state index contributed by atoms with van der Waals surface area (Å²) in [7, 11) is 0. The minimum atomic E-state index is -4.24. The number of hydrogen-bond acceptors (Lipinski definition) is 0. The van der Waals surface area contributed by atoms with E-state index < -0.39 is 23.5 Å². The Labute approximate surface area is 190 Å². The summed E-state index contributed by atoms with van der Waals surface area (Å²) in [6.45, 7) is 3.96. The monoisotopic (exact) mass is 560 g/mol.